The molecule has 0 aliphatic heterocycles. The molecule has 84 valence electrons. The van der Waals surface area contributed by atoms with E-state index in [1.165, 1.54) is 12.8 Å². The molecule has 0 atom stereocenters. The van der Waals surface area contributed by atoms with Crippen LogP contribution in [-0.2, 0) is 6.42 Å². The minimum atomic E-state index is 0.746. The molecule has 2 aromatic heterocycles. The van der Waals surface area contributed by atoms with Crippen LogP contribution in [0.3, 0.4) is 0 Å². The fraction of sp³-hybridized carbons (Fsp3) is 0.455. The van der Waals surface area contributed by atoms with Crippen molar-refractivity contribution in [1.29, 1.82) is 0 Å². The van der Waals surface area contributed by atoms with E-state index in [9.17, 15) is 0 Å². The molecule has 1 aliphatic carbocycles. The third-order valence-electron chi connectivity index (χ3n) is 2.58. The van der Waals surface area contributed by atoms with Crippen LogP contribution in [0.4, 0.5) is 0 Å². The molecule has 3 rings (SSSR count). The summed E-state index contributed by atoms with van der Waals surface area (Å²) >= 11 is 1.57. The van der Waals surface area contributed by atoms with Gasteiger partial charge in [-0.05, 0) is 12.8 Å². The van der Waals surface area contributed by atoms with Gasteiger partial charge in [0.15, 0.2) is 11.7 Å². The lowest BCUT2D eigenvalue weighted by molar-refractivity contribution is 0.495. The molecule has 0 amide bonds. The fourth-order valence-corrected chi connectivity index (χ4v) is 2.12. The number of rotatable bonds is 5. The van der Waals surface area contributed by atoms with Crippen LogP contribution in [0.1, 0.15) is 18.7 Å². The van der Waals surface area contributed by atoms with Crippen molar-refractivity contribution in [3.05, 3.63) is 23.8 Å². The van der Waals surface area contributed by atoms with Crippen molar-refractivity contribution >= 4 is 11.3 Å². The van der Waals surface area contributed by atoms with Gasteiger partial charge in [0.25, 0.3) is 0 Å². The predicted molar refractivity (Wildman–Crippen MR) is 62.3 cm³/mol. The molecule has 1 N–H and O–H groups in total. The van der Waals surface area contributed by atoms with Gasteiger partial charge < -0.3 is 9.73 Å². The van der Waals surface area contributed by atoms with Crippen LogP contribution in [0.5, 0.6) is 0 Å². The smallest absolute Gasteiger partial charge is 0.196 e. The summed E-state index contributed by atoms with van der Waals surface area (Å²) in [5.74, 6) is 1.63. The minimum Gasteiger partial charge on any atom is -0.440 e. The number of hydrogen-bond acceptors (Lipinski definition) is 5. The average molecular weight is 235 g/mol. The number of aromatic nitrogens is 2. The Hall–Kier alpha value is -1.20. The summed E-state index contributed by atoms with van der Waals surface area (Å²) < 4.78 is 5.65. The number of thiazole rings is 1. The highest BCUT2D eigenvalue weighted by Gasteiger charge is 2.20. The standard InChI is InChI=1S/C11H13N3OS/c1-2-8(1)13-4-3-11-14-5-9(15-11)10-6-12-7-16-10/h5-8,13H,1-4H2. The summed E-state index contributed by atoms with van der Waals surface area (Å²) in [6.07, 6.45) is 7.07. The van der Waals surface area contributed by atoms with Gasteiger partial charge in [-0.15, -0.1) is 11.3 Å². The van der Waals surface area contributed by atoms with Crippen molar-refractivity contribution in [3.8, 4) is 10.6 Å². The molecule has 0 bridgehead atoms. The van der Waals surface area contributed by atoms with Gasteiger partial charge >= 0.3 is 0 Å². The topological polar surface area (TPSA) is 51.0 Å². The molecule has 0 aromatic carbocycles. The number of nitrogens with one attached hydrogen (secondary N) is 1. The predicted octanol–water partition coefficient (Wildman–Crippen LogP) is 2.09. The zero-order valence-electron chi connectivity index (χ0n) is 8.85. The second-order valence-electron chi connectivity index (χ2n) is 3.96. The van der Waals surface area contributed by atoms with Crippen LogP contribution >= 0.6 is 11.3 Å². The largest absolute Gasteiger partial charge is 0.440 e. The monoisotopic (exact) mass is 235 g/mol. The van der Waals surface area contributed by atoms with Crippen molar-refractivity contribution in [3.63, 3.8) is 0 Å². The number of hydrogen-bond donors (Lipinski definition) is 1. The van der Waals surface area contributed by atoms with E-state index in [1.807, 2.05) is 0 Å². The van der Waals surface area contributed by atoms with Gasteiger partial charge in [0.2, 0.25) is 0 Å². The molecule has 0 radical (unpaired) electrons. The lowest BCUT2D eigenvalue weighted by Gasteiger charge is -1.98. The Kier molecular flexibility index (Phi) is 2.71. The lowest BCUT2D eigenvalue weighted by Crippen LogP contribution is -2.19. The maximum absolute atomic E-state index is 5.65. The first kappa shape index (κ1) is 9.99. The highest BCUT2D eigenvalue weighted by atomic mass is 32.1. The summed E-state index contributed by atoms with van der Waals surface area (Å²) in [6, 6.07) is 0.746. The zero-order valence-corrected chi connectivity index (χ0v) is 9.67. The van der Waals surface area contributed by atoms with Gasteiger partial charge in [0.05, 0.1) is 16.6 Å². The Morgan fingerprint density at radius 3 is 3.12 bits per heavy atom. The minimum absolute atomic E-state index is 0.746. The molecule has 2 heterocycles. The van der Waals surface area contributed by atoms with E-state index >= 15 is 0 Å². The first-order valence-corrected chi connectivity index (χ1v) is 6.37. The number of oxazole rings is 1. The van der Waals surface area contributed by atoms with Crippen LogP contribution in [0.2, 0.25) is 0 Å². The Bertz CT molecular complexity index is 448. The maximum atomic E-state index is 5.65. The quantitative estimate of drug-likeness (QED) is 0.862. The van der Waals surface area contributed by atoms with E-state index in [4.69, 9.17) is 4.42 Å². The molecule has 0 saturated heterocycles. The van der Waals surface area contributed by atoms with E-state index in [-0.39, 0.29) is 0 Å². The molecule has 1 saturated carbocycles. The first-order chi connectivity index (χ1) is 7.92. The molecule has 0 spiro atoms. The van der Waals surface area contributed by atoms with Gasteiger partial charge in [0.1, 0.15) is 0 Å². The maximum Gasteiger partial charge on any atom is 0.196 e. The van der Waals surface area contributed by atoms with Gasteiger partial charge in [-0.3, -0.25) is 4.98 Å². The summed E-state index contributed by atoms with van der Waals surface area (Å²) in [7, 11) is 0. The Labute approximate surface area is 97.7 Å². The normalized spacial score (nSPS) is 15.5. The lowest BCUT2D eigenvalue weighted by atomic mass is 10.4. The second kappa shape index (κ2) is 4.35. The van der Waals surface area contributed by atoms with Crippen LogP contribution in [-0.4, -0.2) is 22.6 Å². The van der Waals surface area contributed by atoms with Crippen molar-refractivity contribution in [2.75, 3.05) is 6.54 Å². The average Bonchev–Trinajstić information content (AvgIpc) is 2.83. The summed E-state index contributed by atoms with van der Waals surface area (Å²) in [4.78, 5) is 9.32. The van der Waals surface area contributed by atoms with Gasteiger partial charge in [-0.1, -0.05) is 0 Å². The highest BCUT2D eigenvalue weighted by Crippen LogP contribution is 2.24. The zero-order chi connectivity index (χ0) is 10.8. The molecule has 1 fully saturated rings. The summed E-state index contributed by atoms with van der Waals surface area (Å²) in [6.45, 7) is 0.952. The van der Waals surface area contributed by atoms with Gasteiger partial charge in [0, 0.05) is 25.2 Å². The van der Waals surface area contributed by atoms with Crippen molar-refractivity contribution in [2.45, 2.75) is 25.3 Å². The number of nitrogens with zero attached hydrogens (tertiary/aromatic N) is 2. The molecule has 0 unspecified atom stereocenters. The van der Waals surface area contributed by atoms with E-state index in [2.05, 4.69) is 15.3 Å². The molecular formula is C11H13N3OS. The van der Waals surface area contributed by atoms with Crippen molar-refractivity contribution in [2.24, 2.45) is 0 Å². The highest BCUT2D eigenvalue weighted by molar-refractivity contribution is 7.13. The third kappa shape index (κ3) is 2.31. The van der Waals surface area contributed by atoms with Crippen LogP contribution < -0.4 is 5.32 Å². The SMILES string of the molecule is c1ncc(-c2cnc(CCNC3CC3)o2)s1. The van der Waals surface area contributed by atoms with Crippen LogP contribution in [0, 0.1) is 0 Å². The van der Waals surface area contributed by atoms with E-state index in [0.29, 0.717) is 0 Å². The molecule has 5 heteroatoms. The van der Waals surface area contributed by atoms with Crippen molar-refractivity contribution in [1.82, 2.24) is 15.3 Å². The van der Waals surface area contributed by atoms with E-state index in [0.717, 1.165) is 35.5 Å². The summed E-state index contributed by atoms with van der Waals surface area (Å²) in [5.41, 5.74) is 1.80. The van der Waals surface area contributed by atoms with Crippen LogP contribution in [0.15, 0.2) is 22.3 Å². The Balaban J connectivity index is 1.59. The second-order valence-corrected chi connectivity index (χ2v) is 4.85. The fourth-order valence-electron chi connectivity index (χ4n) is 1.55. The van der Waals surface area contributed by atoms with Gasteiger partial charge in [-0.25, -0.2) is 4.98 Å². The third-order valence-corrected chi connectivity index (χ3v) is 3.37. The summed E-state index contributed by atoms with van der Waals surface area (Å²) in [5, 5.41) is 3.44. The molecule has 1 aliphatic rings. The molecule has 4 nitrogen and oxygen atoms in total. The van der Waals surface area contributed by atoms with Crippen molar-refractivity contribution < 1.29 is 4.42 Å². The van der Waals surface area contributed by atoms with Gasteiger partial charge in [-0.2, -0.15) is 0 Å². The van der Waals surface area contributed by atoms with E-state index < -0.39 is 0 Å². The Morgan fingerprint density at radius 1 is 1.44 bits per heavy atom. The van der Waals surface area contributed by atoms with E-state index in [1.54, 1.807) is 29.2 Å². The molecule has 2 aromatic rings. The first-order valence-electron chi connectivity index (χ1n) is 5.49. The molecular weight excluding hydrogens is 222 g/mol. The Morgan fingerprint density at radius 2 is 2.38 bits per heavy atom. The van der Waals surface area contributed by atoms with Crippen LogP contribution in [0.25, 0.3) is 10.6 Å². The molecule has 16 heavy (non-hydrogen) atoms.